The zero-order valence-electron chi connectivity index (χ0n) is 15.0. The fourth-order valence-corrected chi connectivity index (χ4v) is 2.39. The summed E-state index contributed by atoms with van der Waals surface area (Å²) in [6, 6.07) is 1.31. The molecule has 6 nitrogen and oxygen atoms in total. The average Bonchev–Trinajstić information content (AvgIpc) is 2.52. The second-order valence-electron chi connectivity index (χ2n) is 6.94. The lowest BCUT2D eigenvalue weighted by Gasteiger charge is -2.33. The molecule has 1 amide bonds. The molecule has 0 aliphatic carbocycles. The van der Waals surface area contributed by atoms with Crippen molar-refractivity contribution in [3.8, 4) is 5.88 Å². The van der Waals surface area contributed by atoms with Gasteiger partial charge in [-0.1, -0.05) is 6.58 Å². The first-order valence-electron chi connectivity index (χ1n) is 8.21. The van der Waals surface area contributed by atoms with Gasteiger partial charge in [-0.05, 0) is 26.8 Å². The van der Waals surface area contributed by atoms with Crippen LogP contribution in [0.1, 0.15) is 45.1 Å². The standard InChI is InChI=1S/C17H22F3N3O3/c1-5-11-10-13(22-14(21-11)17(18,19)20)25-12-6-8-23(9-7-12)15(24)26-16(2,3)4/h5,10,12H,1,6-9H2,2-4H3. The van der Waals surface area contributed by atoms with Gasteiger partial charge in [-0.2, -0.15) is 18.2 Å². The summed E-state index contributed by atoms with van der Waals surface area (Å²) in [6.45, 7) is 9.57. The number of ether oxygens (including phenoxy) is 2. The maximum absolute atomic E-state index is 12.9. The number of nitrogens with zero attached hydrogens (tertiary/aromatic N) is 3. The van der Waals surface area contributed by atoms with Gasteiger partial charge in [0.15, 0.2) is 0 Å². The Morgan fingerprint density at radius 2 is 1.88 bits per heavy atom. The SMILES string of the molecule is C=Cc1cc(OC2CCN(C(=O)OC(C)(C)C)CC2)nc(C(F)(F)F)n1. The number of halogens is 3. The Kier molecular flexibility index (Phi) is 5.77. The highest BCUT2D eigenvalue weighted by Gasteiger charge is 2.36. The molecule has 1 aliphatic heterocycles. The van der Waals surface area contributed by atoms with Crippen molar-refractivity contribution < 1.29 is 27.4 Å². The van der Waals surface area contributed by atoms with E-state index in [1.165, 1.54) is 12.1 Å². The van der Waals surface area contributed by atoms with Gasteiger partial charge in [-0.25, -0.2) is 9.78 Å². The van der Waals surface area contributed by atoms with E-state index in [4.69, 9.17) is 9.47 Å². The van der Waals surface area contributed by atoms with Crippen LogP contribution in [0.5, 0.6) is 5.88 Å². The second-order valence-corrected chi connectivity index (χ2v) is 6.94. The number of carbonyl (C=O) groups is 1. The van der Waals surface area contributed by atoms with E-state index in [1.807, 2.05) is 0 Å². The summed E-state index contributed by atoms with van der Waals surface area (Å²) in [5.41, 5.74) is -0.547. The van der Waals surface area contributed by atoms with Gasteiger partial charge in [-0.15, -0.1) is 0 Å². The molecule has 1 saturated heterocycles. The number of aromatic nitrogens is 2. The first kappa shape index (κ1) is 20.0. The summed E-state index contributed by atoms with van der Waals surface area (Å²) in [4.78, 5) is 20.4. The smallest absolute Gasteiger partial charge is 0.451 e. The van der Waals surface area contributed by atoms with Crippen molar-refractivity contribution in [1.29, 1.82) is 0 Å². The largest absolute Gasteiger partial charge is 0.474 e. The Morgan fingerprint density at radius 3 is 2.38 bits per heavy atom. The molecule has 1 aromatic rings. The summed E-state index contributed by atoms with van der Waals surface area (Å²) in [5.74, 6) is -1.42. The van der Waals surface area contributed by atoms with Crippen molar-refractivity contribution in [2.75, 3.05) is 13.1 Å². The summed E-state index contributed by atoms with van der Waals surface area (Å²) in [6.07, 6.45) is -3.29. The fraction of sp³-hybridized carbons (Fsp3) is 0.588. The molecule has 26 heavy (non-hydrogen) atoms. The molecule has 9 heteroatoms. The minimum Gasteiger partial charge on any atom is -0.474 e. The van der Waals surface area contributed by atoms with Gasteiger partial charge in [0.1, 0.15) is 11.7 Å². The number of alkyl halides is 3. The molecule has 1 aromatic heterocycles. The van der Waals surface area contributed by atoms with Crippen molar-refractivity contribution in [1.82, 2.24) is 14.9 Å². The highest BCUT2D eigenvalue weighted by Crippen LogP contribution is 2.29. The van der Waals surface area contributed by atoms with Gasteiger partial charge in [-0.3, -0.25) is 0 Å². The number of piperidine rings is 1. The lowest BCUT2D eigenvalue weighted by atomic mass is 10.1. The fourth-order valence-electron chi connectivity index (χ4n) is 2.39. The van der Waals surface area contributed by atoms with Crippen LogP contribution in [-0.4, -0.2) is 45.8 Å². The molecule has 0 atom stereocenters. The van der Waals surface area contributed by atoms with E-state index in [0.29, 0.717) is 25.9 Å². The van der Waals surface area contributed by atoms with Crippen molar-refractivity contribution >= 4 is 12.2 Å². The van der Waals surface area contributed by atoms with E-state index < -0.39 is 23.7 Å². The number of likely N-dealkylation sites (tertiary alicyclic amines) is 1. The van der Waals surface area contributed by atoms with Gasteiger partial charge in [0.2, 0.25) is 11.7 Å². The normalized spacial score (nSPS) is 16.3. The summed E-state index contributed by atoms with van der Waals surface area (Å²) in [7, 11) is 0. The van der Waals surface area contributed by atoms with Crippen LogP contribution >= 0.6 is 0 Å². The van der Waals surface area contributed by atoms with E-state index in [0.717, 1.165) is 0 Å². The van der Waals surface area contributed by atoms with E-state index >= 15 is 0 Å². The van der Waals surface area contributed by atoms with Crippen LogP contribution in [0.2, 0.25) is 0 Å². The highest BCUT2D eigenvalue weighted by molar-refractivity contribution is 5.68. The van der Waals surface area contributed by atoms with Crippen LogP contribution < -0.4 is 4.74 Å². The van der Waals surface area contributed by atoms with E-state index in [2.05, 4.69) is 16.5 Å². The Balaban J connectivity index is 1.99. The quantitative estimate of drug-likeness (QED) is 0.804. The highest BCUT2D eigenvalue weighted by atomic mass is 19.4. The number of rotatable bonds is 3. The number of hydrogen-bond donors (Lipinski definition) is 0. The molecule has 0 N–H and O–H groups in total. The van der Waals surface area contributed by atoms with Gasteiger partial charge < -0.3 is 14.4 Å². The predicted octanol–water partition coefficient (Wildman–Crippen LogP) is 3.92. The topological polar surface area (TPSA) is 64.5 Å². The first-order chi connectivity index (χ1) is 12.0. The minimum atomic E-state index is -4.67. The molecule has 1 aliphatic rings. The molecule has 1 fully saturated rings. The predicted molar refractivity (Wildman–Crippen MR) is 88.6 cm³/mol. The van der Waals surface area contributed by atoms with Gasteiger partial charge in [0.25, 0.3) is 0 Å². The van der Waals surface area contributed by atoms with Gasteiger partial charge in [0, 0.05) is 32.0 Å². The minimum absolute atomic E-state index is 0.0357. The van der Waals surface area contributed by atoms with Crippen LogP contribution in [0.4, 0.5) is 18.0 Å². The lowest BCUT2D eigenvalue weighted by molar-refractivity contribution is -0.145. The summed E-state index contributed by atoms with van der Waals surface area (Å²) < 4.78 is 49.5. The van der Waals surface area contributed by atoms with Crippen LogP contribution in [0, 0.1) is 0 Å². The number of hydrogen-bond acceptors (Lipinski definition) is 5. The average molecular weight is 373 g/mol. The zero-order valence-corrected chi connectivity index (χ0v) is 15.0. The van der Waals surface area contributed by atoms with E-state index in [-0.39, 0.29) is 17.7 Å². The summed E-state index contributed by atoms with van der Waals surface area (Å²) in [5, 5.41) is 0. The Morgan fingerprint density at radius 1 is 1.27 bits per heavy atom. The molecule has 2 heterocycles. The monoisotopic (exact) mass is 373 g/mol. The molecular weight excluding hydrogens is 351 g/mol. The van der Waals surface area contributed by atoms with Gasteiger partial charge in [0.05, 0.1) is 5.69 Å². The Bertz CT molecular complexity index is 663. The van der Waals surface area contributed by atoms with Crippen LogP contribution in [0.25, 0.3) is 6.08 Å². The molecule has 0 unspecified atom stereocenters. The lowest BCUT2D eigenvalue weighted by Crippen LogP contribution is -2.44. The van der Waals surface area contributed by atoms with E-state index in [9.17, 15) is 18.0 Å². The van der Waals surface area contributed by atoms with Crippen LogP contribution in [0.15, 0.2) is 12.6 Å². The summed E-state index contributed by atoms with van der Waals surface area (Å²) >= 11 is 0. The molecule has 0 aromatic carbocycles. The molecule has 0 bridgehead atoms. The maximum Gasteiger partial charge on any atom is 0.451 e. The van der Waals surface area contributed by atoms with Crippen LogP contribution in [-0.2, 0) is 10.9 Å². The van der Waals surface area contributed by atoms with E-state index in [1.54, 1.807) is 25.7 Å². The maximum atomic E-state index is 12.9. The Hall–Kier alpha value is -2.32. The second kappa shape index (κ2) is 7.51. The Labute approximate surface area is 150 Å². The first-order valence-corrected chi connectivity index (χ1v) is 8.21. The van der Waals surface area contributed by atoms with Gasteiger partial charge >= 0.3 is 12.3 Å². The van der Waals surface area contributed by atoms with Crippen LogP contribution in [0.3, 0.4) is 0 Å². The van der Waals surface area contributed by atoms with Crippen molar-refractivity contribution in [2.24, 2.45) is 0 Å². The van der Waals surface area contributed by atoms with Crippen molar-refractivity contribution in [2.45, 2.75) is 51.5 Å². The van der Waals surface area contributed by atoms with Crippen molar-refractivity contribution in [3.05, 3.63) is 24.2 Å². The third-order valence-electron chi connectivity index (χ3n) is 3.57. The number of amides is 1. The molecule has 0 saturated carbocycles. The zero-order chi connectivity index (χ0) is 19.5. The molecular formula is C17H22F3N3O3. The third kappa shape index (κ3) is 5.60. The molecule has 144 valence electrons. The molecule has 0 spiro atoms. The third-order valence-corrected chi connectivity index (χ3v) is 3.57. The number of carbonyl (C=O) groups excluding carboxylic acids is 1. The van der Waals surface area contributed by atoms with Crippen molar-refractivity contribution in [3.63, 3.8) is 0 Å². The molecule has 0 radical (unpaired) electrons. The molecule has 2 rings (SSSR count).